The Morgan fingerprint density at radius 3 is 2.82 bits per heavy atom. The van der Waals surface area contributed by atoms with Crippen molar-refractivity contribution in [2.45, 2.75) is 37.5 Å². The van der Waals surface area contributed by atoms with E-state index in [2.05, 4.69) is 10.0 Å². The first-order valence-corrected chi connectivity index (χ1v) is 8.58. The molecule has 1 amide bonds. The largest absolute Gasteiger partial charge is 0.372 e. The number of carbonyl (C=O) groups excluding carboxylic acids is 1. The maximum absolute atomic E-state index is 12.2. The SMILES string of the molecule is CC(N)CCNC(=O)CNS(=O)(=O)c1ccc2c(c1)COC2. The standard InChI is InChI=1S/C14H21N3O4S/c1-10(15)4-5-16-14(18)7-17-22(19,20)13-3-2-11-8-21-9-12(11)6-13/h2-3,6,10,17H,4-5,7-9,15H2,1H3,(H,16,18). The average molecular weight is 327 g/mol. The summed E-state index contributed by atoms with van der Waals surface area (Å²) >= 11 is 0. The fourth-order valence-corrected chi connectivity index (χ4v) is 3.09. The molecular weight excluding hydrogens is 306 g/mol. The van der Waals surface area contributed by atoms with Crippen LogP contribution >= 0.6 is 0 Å². The summed E-state index contributed by atoms with van der Waals surface area (Å²) < 4.78 is 31.9. The van der Waals surface area contributed by atoms with Crippen molar-refractivity contribution in [3.63, 3.8) is 0 Å². The summed E-state index contributed by atoms with van der Waals surface area (Å²) in [6, 6.07) is 4.83. The summed E-state index contributed by atoms with van der Waals surface area (Å²) in [6.07, 6.45) is 0.642. The number of sulfonamides is 1. The highest BCUT2D eigenvalue weighted by Crippen LogP contribution is 2.22. The molecule has 4 N–H and O–H groups in total. The van der Waals surface area contributed by atoms with E-state index >= 15 is 0 Å². The van der Waals surface area contributed by atoms with E-state index < -0.39 is 10.0 Å². The molecule has 8 heteroatoms. The van der Waals surface area contributed by atoms with E-state index in [1.807, 2.05) is 6.92 Å². The number of hydrogen-bond acceptors (Lipinski definition) is 5. The normalized spacial score (nSPS) is 15.4. The number of fused-ring (bicyclic) bond motifs is 1. The molecule has 1 aliphatic heterocycles. The maximum Gasteiger partial charge on any atom is 0.241 e. The van der Waals surface area contributed by atoms with Gasteiger partial charge in [0.1, 0.15) is 0 Å². The Morgan fingerprint density at radius 1 is 1.36 bits per heavy atom. The molecular formula is C14H21N3O4S. The zero-order valence-electron chi connectivity index (χ0n) is 12.5. The van der Waals surface area contributed by atoms with Crippen LogP contribution in [-0.4, -0.2) is 33.5 Å². The molecule has 1 aromatic carbocycles. The van der Waals surface area contributed by atoms with E-state index in [0.29, 0.717) is 26.2 Å². The first kappa shape index (κ1) is 16.9. The van der Waals surface area contributed by atoms with Gasteiger partial charge in [-0.25, -0.2) is 13.1 Å². The van der Waals surface area contributed by atoms with E-state index in [9.17, 15) is 13.2 Å². The molecule has 1 aromatic rings. The number of ether oxygens (including phenoxy) is 1. The highest BCUT2D eigenvalue weighted by atomic mass is 32.2. The number of benzene rings is 1. The van der Waals surface area contributed by atoms with Crippen LogP contribution in [0.25, 0.3) is 0 Å². The quantitative estimate of drug-likeness (QED) is 0.645. The molecule has 7 nitrogen and oxygen atoms in total. The van der Waals surface area contributed by atoms with Gasteiger partial charge in [-0.2, -0.15) is 0 Å². The fourth-order valence-electron chi connectivity index (χ4n) is 2.06. The van der Waals surface area contributed by atoms with Gasteiger partial charge >= 0.3 is 0 Å². The summed E-state index contributed by atoms with van der Waals surface area (Å²) in [4.78, 5) is 11.7. The van der Waals surface area contributed by atoms with Crippen LogP contribution in [0.4, 0.5) is 0 Å². The van der Waals surface area contributed by atoms with Crippen LogP contribution in [0, 0.1) is 0 Å². The van der Waals surface area contributed by atoms with Gasteiger partial charge < -0.3 is 15.8 Å². The number of hydrogen-bond donors (Lipinski definition) is 3. The third kappa shape index (κ3) is 4.51. The van der Waals surface area contributed by atoms with E-state index in [4.69, 9.17) is 10.5 Å². The highest BCUT2D eigenvalue weighted by Gasteiger charge is 2.19. The molecule has 22 heavy (non-hydrogen) atoms. The third-order valence-electron chi connectivity index (χ3n) is 3.35. The first-order valence-electron chi connectivity index (χ1n) is 7.10. The topological polar surface area (TPSA) is 111 Å². The monoisotopic (exact) mass is 327 g/mol. The van der Waals surface area contributed by atoms with Crippen LogP contribution < -0.4 is 15.8 Å². The van der Waals surface area contributed by atoms with E-state index in [0.717, 1.165) is 11.1 Å². The molecule has 122 valence electrons. The van der Waals surface area contributed by atoms with Gasteiger partial charge in [0.2, 0.25) is 15.9 Å². The molecule has 0 spiro atoms. The fraction of sp³-hybridized carbons (Fsp3) is 0.500. The molecule has 0 saturated heterocycles. The second-order valence-electron chi connectivity index (χ2n) is 5.36. The lowest BCUT2D eigenvalue weighted by Crippen LogP contribution is -2.38. The second kappa shape index (κ2) is 7.19. The van der Waals surface area contributed by atoms with Crippen LogP contribution in [0.5, 0.6) is 0 Å². The Morgan fingerprint density at radius 2 is 2.09 bits per heavy atom. The number of nitrogens with one attached hydrogen (secondary N) is 2. The molecule has 0 saturated carbocycles. The summed E-state index contributed by atoms with van der Waals surface area (Å²) in [5.41, 5.74) is 7.43. The van der Waals surface area contributed by atoms with Crippen molar-refractivity contribution in [1.82, 2.24) is 10.0 Å². The molecule has 0 radical (unpaired) electrons. The van der Waals surface area contributed by atoms with Crippen LogP contribution in [-0.2, 0) is 32.8 Å². The lowest BCUT2D eigenvalue weighted by molar-refractivity contribution is -0.119. The highest BCUT2D eigenvalue weighted by molar-refractivity contribution is 7.89. The Balaban J connectivity index is 1.90. The Bertz CT molecular complexity index is 643. The minimum absolute atomic E-state index is 0.00868. The summed E-state index contributed by atoms with van der Waals surface area (Å²) in [6.45, 7) is 2.89. The van der Waals surface area contributed by atoms with E-state index in [1.54, 1.807) is 12.1 Å². The minimum atomic E-state index is -3.71. The summed E-state index contributed by atoms with van der Waals surface area (Å²) in [7, 11) is -3.71. The predicted octanol–water partition coefficient (Wildman–Crippen LogP) is -0.151. The molecule has 1 unspecified atom stereocenters. The van der Waals surface area contributed by atoms with Crippen molar-refractivity contribution in [3.05, 3.63) is 29.3 Å². The van der Waals surface area contributed by atoms with Gasteiger partial charge in [0.15, 0.2) is 0 Å². The zero-order chi connectivity index (χ0) is 16.2. The van der Waals surface area contributed by atoms with Gasteiger partial charge in [0.25, 0.3) is 0 Å². The average Bonchev–Trinajstić information content (AvgIpc) is 2.92. The molecule has 1 atom stereocenters. The molecule has 1 heterocycles. The maximum atomic E-state index is 12.2. The van der Waals surface area contributed by atoms with Gasteiger partial charge in [0.05, 0.1) is 24.7 Å². The van der Waals surface area contributed by atoms with Crippen molar-refractivity contribution in [2.24, 2.45) is 5.73 Å². The molecule has 0 fully saturated rings. The predicted molar refractivity (Wildman–Crippen MR) is 81.4 cm³/mol. The lowest BCUT2D eigenvalue weighted by atomic mass is 10.1. The Kier molecular flexibility index (Phi) is 5.52. The molecule has 1 aliphatic rings. The van der Waals surface area contributed by atoms with Crippen molar-refractivity contribution < 1.29 is 17.9 Å². The zero-order valence-corrected chi connectivity index (χ0v) is 13.3. The Hall–Kier alpha value is -1.48. The second-order valence-corrected chi connectivity index (χ2v) is 7.13. The summed E-state index contributed by atoms with van der Waals surface area (Å²) in [5, 5.41) is 2.61. The smallest absolute Gasteiger partial charge is 0.241 e. The van der Waals surface area contributed by atoms with Gasteiger partial charge in [-0.15, -0.1) is 0 Å². The van der Waals surface area contributed by atoms with Gasteiger partial charge in [0, 0.05) is 12.6 Å². The number of nitrogens with two attached hydrogens (primary N) is 1. The van der Waals surface area contributed by atoms with Crippen LogP contribution in [0.3, 0.4) is 0 Å². The van der Waals surface area contributed by atoms with Gasteiger partial charge in [-0.3, -0.25) is 4.79 Å². The number of amides is 1. The number of rotatable bonds is 7. The van der Waals surface area contributed by atoms with Gasteiger partial charge in [-0.05, 0) is 36.6 Å². The summed E-state index contributed by atoms with van der Waals surface area (Å²) in [5.74, 6) is -0.381. The van der Waals surface area contributed by atoms with Crippen LogP contribution in [0.2, 0.25) is 0 Å². The van der Waals surface area contributed by atoms with E-state index in [1.165, 1.54) is 6.07 Å². The van der Waals surface area contributed by atoms with Crippen molar-refractivity contribution in [1.29, 1.82) is 0 Å². The molecule has 2 rings (SSSR count). The number of carbonyl (C=O) groups is 1. The van der Waals surface area contributed by atoms with Crippen LogP contribution in [0.15, 0.2) is 23.1 Å². The molecule has 0 aliphatic carbocycles. The van der Waals surface area contributed by atoms with Crippen molar-refractivity contribution in [2.75, 3.05) is 13.1 Å². The first-order chi connectivity index (χ1) is 10.4. The van der Waals surface area contributed by atoms with Crippen molar-refractivity contribution in [3.8, 4) is 0 Å². The van der Waals surface area contributed by atoms with E-state index in [-0.39, 0.29) is 23.4 Å². The van der Waals surface area contributed by atoms with Gasteiger partial charge in [-0.1, -0.05) is 6.07 Å². The Labute approximate surface area is 130 Å². The minimum Gasteiger partial charge on any atom is -0.372 e. The molecule has 0 aromatic heterocycles. The van der Waals surface area contributed by atoms with Crippen LogP contribution in [0.1, 0.15) is 24.5 Å². The molecule has 0 bridgehead atoms. The van der Waals surface area contributed by atoms with Crippen molar-refractivity contribution >= 4 is 15.9 Å². The lowest BCUT2D eigenvalue weighted by Gasteiger charge is -2.09. The third-order valence-corrected chi connectivity index (χ3v) is 4.75.